The zero-order valence-corrected chi connectivity index (χ0v) is 23.5. The van der Waals surface area contributed by atoms with Gasteiger partial charge in [-0.05, 0) is 60.1 Å². The number of para-hydroxylation sites is 1. The summed E-state index contributed by atoms with van der Waals surface area (Å²) in [6, 6.07) is 25.2. The summed E-state index contributed by atoms with van der Waals surface area (Å²) >= 11 is 0. The van der Waals surface area contributed by atoms with Gasteiger partial charge in [0.2, 0.25) is 11.8 Å². The molecule has 1 aromatic heterocycles. The maximum Gasteiger partial charge on any atom is 0.257 e. The van der Waals surface area contributed by atoms with Crippen LogP contribution >= 0.6 is 0 Å². The van der Waals surface area contributed by atoms with Crippen LogP contribution in [-0.4, -0.2) is 58.7 Å². The number of hydrogen-bond donors (Lipinski definition) is 1. The molecule has 41 heavy (non-hydrogen) atoms. The average Bonchev–Trinajstić information content (AvgIpc) is 3.13. The number of anilines is 3. The quantitative estimate of drug-likeness (QED) is 0.278. The number of hydrogen-bond acceptors (Lipinski definition) is 5. The van der Waals surface area contributed by atoms with Crippen LogP contribution in [0.15, 0.2) is 85.1 Å². The van der Waals surface area contributed by atoms with Gasteiger partial charge in [-0.15, -0.1) is 0 Å². The Morgan fingerprint density at radius 1 is 0.854 bits per heavy atom. The Morgan fingerprint density at radius 2 is 1.63 bits per heavy atom. The third-order valence-electron chi connectivity index (χ3n) is 7.53. The molecule has 8 heteroatoms. The van der Waals surface area contributed by atoms with E-state index in [0.29, 0.717) is 35.8 Å². The molecule has 0 saturated carbocycles. The van der Waals surface area contributed by atoms with E-state index in [1.807, 2.05) is 17.9 Å². The Labute approximate surface area is 240 Å². The van der Waals surface area contributed by atoms with E-state index >= 15 is 0 Å². The van der Waals surface area contributed by atoms with Crippen molar-refractivity contribution in [3.8, 4) is 0 Å². The molecule has 0 saturated heterocycles. The zero-order valence-electron chi connectivity index (χ0n) is 23.5. The van der Waals surface area contributed by atoms with E-state index in [1.54, 1.807) is 42.6 Å². The minimum Gasteiger partial charge on any atom is -0.342 e. The lowest BCUT2D eigenvalue weighted by Gasteiger charge is -2.27. The summed E-state index contributed by atoms with van der Waals surface area (Å²) in [5.41, 5.74) is 2.53. The SMILES string of the molecule is CCN(CCN(CC)C(=O)CCC(=O)N1c2ccccc2C(=O)Nc2cccnc21)Cc1ccc2ccccc2c1. The van der Waals surface area contributed by atoms with E-state index < -0.39 is 0 Å². The van der Waals surface area contributed by atoms with Crippen LogP contribution in [0.25, 0.3) is 10.8 Å². The molecular weight excluding hydrogens is 514 g/mol. The van der Waals surface area contributed by atoms with E-state index in [2.05, 4.69) is 58.5 Å². The molecule has 5 rings (SSSR count). The molecule has 210 valence electrons. The first-order valence-electron chi connectivity index (χ1n) is 14.1. The van der Waals surface area contributed by atoms with E-state index in [4.69, 9.17) is 0 Å². The zero-order chi connectivity index (χ0) is 28.8. The van der Waals surface area contributed by atoms with Crippen LogP contribution in [0, 0.1) is 0 Å². The second kappa shape index (κ2) is 12.7. The van der Waals surface area contributed by atoms with Crippen molar-refractivity contribution in [3.05, 3.63) is 96.2 Å². The molecular formula is C33H35N5O3. The van der Waals surface area contributed by atoms with E-state index in [9.17, 15) is 14.4 Å². The molecule has 1 N–H and O–H groups in total. The van der Waals surface area contributed by atoms with Crippen molar-refractivity contribution in [1.29, 1.82) is 0 Å². The number of carbonyl (C=O) groups excluding carboxylic acids is 3. The molecule has 0 atom stereocenters. The minimum atomic E-state index is -0.303. The van der Waals surface area contributed by atoms with E-state index in [1.165, 1.54) is 21.2 Å². The summed E-state index contributed by atoms with van der Waals surface area (Å²) in [7, 11) is 0. The summed E-state index contributed by atoms with van der Waals surface area (Å²) in [6.45, 7) is 7.64. The van der Waals surface area contributed by atoms with Gasteiger partial charge in [0.25, 0.3) is 5.91 Å². The lowest BCUT2D eigenvalue weighted by atomic mass is 10.1. The predicted molar refractivity (Wildman–Crippen MR) is 162 cm³/mol. The number of pyridine rings is 1. The fourth-order valence-corrected chi connectivity index (χ4v) is 5.24. The highest BCUT2D eigenvalue weighted by atomic mass is 16.2. The molecule has 0 radical (unpaired) electrons. The molecule has 2 heterocycles. The number of fused-ring (bicyclic) bond motifs is 3. The highest BCUT2D eigenvalue weighted by molar-refractivity contribution is 6.17. The first-order valence-corrected chi connectivity index (χ1v) is 14.1. The minimum absolute atomic E-state index is 0.00243. The Bertz CT molecular complexity index is 1570. The van der Waals surface area contributed by atoms with Gasteiger partial charge in [-0.25, -0.2) is 4.98 Å². The maximum absolute atomic E-state index is 13.6. The Morgan fingerprint density at radius 3 is 2.44 bits per heavy atom. The Hall–Kier alpha value is -4.56. The van der Waals surface area contributed by atoms with Gasteiger partial charge in [-0.2, -0.15) is 0 Å². The monoisotopic (exact) mass is 549 g/mol. The predicted octanol–water partition coefficient (Wildman–Crippen LogP) is 5.62. The van der Waals surface area contributed by atoms with Crippen molar-refractivity contribution in [1.82, 2.24) is 14.8 Å². The van der Waals surface area contributed by atoms with E-state index in [-0.39, 0.29) is 30.6 Å². The number of amides is 3. The smallest absolute Gasteiger partial charge is 0.257 e. The van der Waals surface area contributed by atoms with Crippen LogP contribution in [0.4, 0.5) is 17.2 Å². The van der Waals surface area contributed by atoms with Crippen LogP contribution in [0.3, 0.4) is 0 Å². The fourth-order valence-electron chi connectivity index (χ4n) is 5.24. The molecule has 0 fully saturated rings. The molecule has 4 aromatic rings. The van der Waals surface area contributed by atoms with Crippen LogP contribution in [0.2, 0.25) is 0 Å². The third-order valence-corrected chi connectivity index (χ3v) is 7.53. The molecule has 0 bridgehead atoms. The Kier molecular flexibility index (Phi) is 8.70. The van der Waals surface area contributed by atoms with Gasteiger partial charge in [0.15, 0.2) is 5.82 Å². The van der Waals surface area contributed by atoms with Gasteiger partial charge < -0.3 is 10.2 Å². The maximum atomic E-state index is 13.6. The summed E-state index contributed by atoms with van der Waals surface area (Å²) in [4.78, 5) is 49.6. The average molecular weight is 550 g/mol. The number of rotatable bonds is 10. The molecule has 1 aliphatic rings. The van der Waals surface area contributed by atoms with Crippen molar-refractivity contribution in [2.75, 3.05) is 36.4 Å². The second-order valence-corrected chi connectivity index (χ2v) is 10.1. The van der Waals surface area contributed by atoms with Crippen LogP contribution < -0.4 is 10.2 Å². The highest BCUT2D eigenvalue weighted by Gasteiger charge is 2.30. The standard InChI is InChI=1S/C33H35N5O3/c1-3-36(23-24-15-16-25-10-5-6-11-26(25)22-24)20-21-37(4-2)30(39)17-18-31(40)38-29-14-8-7-12-27(29)33(41)35-28-13-9-19-34-32(28)38/h5-16,19,22H,3-4,17-18,20-21,23H2,1-2H3,(H,35,41). The lowest BCUT2D eigenvalue weighted by molar-refractivity contribution is -0.133. The molecule has 8 nitrogen and oxygen atoms in total. The van der Waals surface area contributed by atoms with Crippen molar-refractivity contribution in [3.63, 3.8) is 0 Å². The van der Waals surface area contributed by atoms with Crippen molar-refractivity contribution < 1.29 is 14.4 Å². The number of likely N-dealkylation sites (N-methyl/N-ethyl adjacent to an activating group) is 2. The molecule has 0 unspecified atom stereocenters. The van der Waals surface area contributed by atoms with Gasteiger partial charge in [-0.3, -0.25) is 24.2 Å². The number of benzene rings is 3. The van der Waals surface area contributed by atoms with Gasteiger partial charge >= 0.3 is 0 Å². The largest absolute Gasteiger partial charge is 0.342 e. The van der Waals surface area contributed by atoms with Crippen molar-refractivity contribution in [2.24, 2.45) is 0 Å². The fraction of sp³-hybridized carbons (Fsp3) is 0.273. The van der Waals surface area contributed by atoms with Crippen molar-refractivity contribution in [2.45, 2.75) is 33.2 Å². The summed E-state index contributed by atoms with van der Waals surface area (Å²) in [5, 5.41) is 5.29. The van der Waals surface area contributed by atoms with Gasteiger partial charge in [-0.1, -0.05) is 55.5 Å². The topological polar surface area (TPSA) is 85.9 Å². The van der Waals surface area contributed by atoms with Crippen LogP contribution in [0.1, 0.15) is 42.6 Å². The van der Waals surface area contributed by atoms with E-state index in [0.717, 1.165) is 19.6 Å². The molecule has 3 amide bonds. The number of carbonyl (C=O) groups is 3. The third kappa shape index (κ3) is 6.28. The molecule has 1 aliphatic heterocycles. The lowest BCUT2D eigenvalue weighted by Crippen LogP contribution is -2.39. The molecule has 0 aliphatic carbocycles. The molecule has 0 spiro atoms. The molecule has 3 aromatic carbocycles. The summed E-state index contributed by atoms with van der Waals surface area (Å²) in [5.74, 6) is -0.309. The van der Waals surface area contributed by atoms with Gasteiger partial charge in [0.05, 0.1) is 16.9 Å². The van der Waals surface area contributed by atoms with Crippen molar-refractivity contribution >= 4 is 45.7 Å². The second-order valence-electron chi connectivity index (χ2n) is 10.1. The highest BCUT2D eigenvalue weighted by Crippen LogP contribution is 2.36. The van der Waals surface area contributed by atoms with Crippen LogP contribution in [-0.2, 0) is 16.1 Å². The number of nitrogens with zero attached hydrogens (tertiary/aromatic N) is 4. The number of aromatic nitrogens is 1. The first kappa shape index (κ1) is 28.0. The Balaban J connectivity index is 1.22. The van der Waals surface area contributed by atoms with Gasteiger partial charge in [0, 0.05) is 45.2 Å². The summed E-state index contributed by atoms with van der Waals surface area (Å²) < 4.78 is 0. The first-order chi connectivity index (χ1) is 20.0. The summed E-state index contributed by atoms with van der Waals surface area (Å²) in [6.07, 6.45) is 1.66. The number of nitrogens with one attached hydrogen (secondary N) is 1. The van der Waals surface area contributed by atoms with Gasteiger partial charge in [0.1, 0.15) is 0 Å². The normalized spacial score (nSPS) is 12.5. The van der Waals surface area contributed by atoms with Crippen LogP contribution in [0.5, 0.6) is 0 Å².